The molecule has 0 atom stereocenters. The number of morpholine rings is 1. The number of nitrogens with zero attached hydrogens (tertiary/aromatic N) is 1. The van der Waals surface area contributed by atoms with E-state index in [1.807, 2.05) is 0 Å². The summed E-state index contributed by atoms with van der Waals surface area (Å²) in [5, 5.41) is 8.81. The van der Waals surface area contributed by atoms with E-state index in [0.29, 0.717) is 19.8 Å². The highest BCUT2D eigenvalue weighted by Crippen LogP contribution is 2.19. The van der Waals surface area contributed by atoms with Crippen molar-refractivity contribution < 1.29 is 27.5 Å². The standard InChI is InChI=1S/C12H18N2O6S/c1-9-11(8-10(20-9)12(15)16)21(17,18)13-2-3-14-4-6-19-7-5-14/h8,13H,2-7H2,1H3,(H,15,16). The predicted octanol–water partition coefficient (Wildman–Crippen LogP) is -0.103. The summed E-state index contributed by atoms with van der Waals surface area (Å²) in [7, 11) is -3.77. The summed E-state index contributed by atoms with van der Waals surface area (Å²) in [6, 6.07) is 1.02. The summed E-state index contributed by atoms with van der Waals surface area (Å²) in [6.07, 6.45) is 0. The fourth-order valence-corrected chi connectivity index (χ4v) is 3.28. The van der Waals surface area contributed by atoms with Gasteiger partial charge in [-0.05, 0) is 6.92 Å². The van der Waals surface area contributed by atoms with Crippen LogP contribution in [0.1, 0.15) is 16.3 Å². The first-order valence-electron chi connectivity index (χ1n) is 6.53. The minimum absolute atomic E-state index is 0.0614. The maximum atomic E-state index is 12.1. The smallest absolute Gasteiger partial charge is 0.371 e. The van der Waals surface area contributed by atoms with E-state index in [1.54, 1.807) is 0 Å². The van der Waals surface area contributed by atoms with Gasteiger partial charge in [-0.15, -0.1) is 0 Å². The van der Waals surface area contributed by atoms with Crippen LogP contribution in [0.3, 0.4) is 0 Å². The molecule has 2 N–H and O–H groups in total. The fraction of sp³-hybridized carbons (Fsp3) is 0.583. The van der Waals surface area contributed by atoms with E-state index >= 15 is 0 Å². The van der Waals surface area contributed by atoms with Crippen LogP contribution in [-0.4, -0.2) is 63.8 Å². The number of hydrogen-bond donors (Lipinski definition) is 2. The number of hydrogen-bond acceptors (Lipinski definition) is 6. The number of carboxylic acid groups (broad SMARTS) is 1. The van der Waals surface area contributed by atoms with Gasteiger partial charge in [0.1, 0.15) is 10.7 Å². The molecule has 0 spiro atoms. The van der Waals surface area contributed by atoms with Crippen molar-refractivity contribution in [2.24, 2.45) is 0 Å². The molecule has 1 aliphatic rings. The molecule has 2 rings (SSSR count). The third kappa shape index (κ3) is 4.03. The average Bonchev–Trinajstić information content (AvgIpc) is 2.83. The molecule has 118 valence electrons. The molecule has 1 aliphatic heterocycles. The molecule has 1 aromatic heterocycles. The topological polar surface area (TPSA) is 109 Å². The average molecular weight is 318 g/mol. The third-order valence-electron chi connectivity index (χ3n) is 3.20. The largest absolute Gasteiger partial charge is 0.475 e. The molecule has 1 aromatic rings. The molecule has 0 amide bonds. The molecular formula is C12H18N2O6S. The van der Waals surface area contributed by atoms with Crippen LogP contribution in [0.2, 0.25) is 0 Å². The number of furan rings is 1. The van der Waals surface area contributed by atoms with E-state index in [2.05, 4.69) is 9.62 Å². The number of nitrogens with one attached hydrogen (secondary N) is 1. The number of rotatable bonds is 6. The number of carbonyl (C=O) groups is 1. The molecule has 0 saturated carbocycles. The van der Waals surface area contributed by atoms with Gasteiger partial charge in [0.05, 0.1) is 13.2 Å². The van der Waals surface area contributed by atoms with E-state index in [-0.39, 0.29) is 23.0 Å². The second kappa shape index (κ2) is 6.56. The number of carboxylic acids is 1. The first-order chi connectivity index (χ1) is 9.90. The second-order valence-electron chi connectivity index (χ2n) is 4.69. The molecule has 1 saturated heterocycles. The van der Waals surface area contributed by atoms with Crippen LogP contribution < -0.4 is 4.72 Å². The first-order valence-corrected chi connectivity index (χ1v) is 8.02. The molecule has 9 heteroatoms. The van der Waals surface area contributed by atoms with Crippen molar-refractivity contribution in [2.45, 2.75) is 11.8 Å². The molecular weight excluding hydrogens is 300 g/mol. The fourth-order valence-electron chi connectivity index (χ4n) is 2.08. The molecule has 0 radical (unpaired) electrons. The monoisotopic (exact) mass is 318 g/mol. The maximum Gasteiger partial charge on any atom is 0.371 e. The van der Waals surface area contributed by atoms with Gasteiger partial charge >= 0.3 is 5.97 Å². The van der Waals surface area contributed by atoms with Gasteiger partial charge < -0.3 is 14.3 Å². The minimum Gasteiger partial charge on any atom is -0.475 e. The number of sulfonamides is 1. The van der Waals surface area contributed by atoms with Gasteiger partial charge in [-0.2, -0.15) is 0 Å². The quantitative estimate of drug-likeness (QED) is 0.753. The Balaban J connectivity index is 1.96. The highest BCUT2D eigenvalue weighted by Gasteiger charge is 2.23. The summed E-state index contributed by atoms with van der Waals surface area (Å²) in [5.74, 6) is -1.62. The van der Waals surface area contributed by atoms with Crippen LogP contribution in [0, 0.1) is 6.92 Å². The number of aromatic carboxylic acids is 1. The van der Waals surface area contributed by atoms with Crippen LogP contribution in [0.4, 0.5) is 0 Å². The summed E-state index contributed by atoms with van der Waals surface area (Å²) in [4.78, 5) is 12.7. The normalized spacial score (nSPS) is 17.0. The van der Waals surface area contributed by atoms with Gasteiger partial charge in [0.2, 0.25) is 15.8 Å². The van der Waals surface area contributed by atoms with Crippen molar-refractivity contribution in [3.8, 4) is 0 Å². The van der Waals surface area contributed by atoms with Gasteiger partial charge in [0, 0.05) is 32.2 Å². The van der Waals surface area contributed by atoms with Crippen LogP contribution in [-0.2, 0) is 14.8 Å². The van der Waals surface area contributed by atoms with Crippen molar-refractivity contribution in [3.63, 3.8) is 0 Å². The lowest BCUT2D eigenvalue weighted by molar-refractivity contribution is 0.0390. The van der Waals surface area contributed by atoms with Gasteiger partial charge in [-0.3, -0.25) is 4.90 Å². The number of aryl methyl sites for hydroxylation is 1. The van der Waals surface area contributed by atoms with E-state index in [4.69, 9.17) is 14.3 Å². The molecule has 0 aliphatic carbocycles. The Bertz CT molecular complexity index is 603. The Morgan fingerprint density at radius 1 is 1.43 bits per heavy atom. The first kappa shape index (κ1) is 16.0. The van der Waals surface area contributed by atoms with Crippen molar-refractivity contribution >= 4 is 16.0 Å². The summed E-state index contributed by atoms with van der Waals surface area (Å²) < 4.78 is 36.8. The maximum absolute atomic E-state index is 12.1. The predicted molar refractivity (Wildman–Crippen MR) is 72.9 cm³/mol. The van der Waals surface area contributed by atoms with E-state index in [1.165, 1.54) is 6.92 Å². The highest BCUT2D eigenvalue weighted by atomic mass is 32.2. The SMILES string of the molecule is Cc1oc(C(=O)O)cc1S(=O)(=O)NCCN1CCOCC1. The van der Waals surface area contributed by atoms with Crippen molar-refractivity contribution in [1.29, 1.82) is 0 Å². The zero-order chi connectivity index (χ0) is 15.5. The lowest BCUT2D eigenvalue weighted by Gasteiger charge is -2.26. The molecule has 2 heterocycles. The summed E-state index contributed by atoms with van der Waals surface area (Å²) in [6.45, 7) is 5.08. The third-order valence-corrected chi connectivity index (χ3v) is 4.76. The Hall–Kier alpha value is -1.42. The zero-order valence-electron chi connectivity index (χ0n) is 11.7. The Morgan fingerprint density at radius 3 is 2.67 bits per heavy atom. The zero-order valence-corrected chi connectivity index (χ0v) is 12.5. The van der Waals surface area contributed by atoms with Gasteiger partial charge in [-0.1, -0.05) is 0 Å². The molecule has 0 unspecified atom stereocenters. The van der Waals surface area contributed by atoms with Crippen LogP contribution in [0.25, 0.3) is 0 Å². The van der Waals surface area contributed by atoms with E-state index in [9.17, 15) is 13.2 Å². The van der Waals surface area contributed by atoms with E-state index < -0.39 is 16.0 Å². The Morgan fingerprint density at radius 2 is 2.10 bits per heavy atom. The van der Waals surface area contributed by atoms with Gasteiger partial charge in [0.25, 0.3) is 0 Å². The van der Waals surface area contributed by atoms with Crippen LogP contribution >= 0.6 is 0 Å². The lowest BCUT2D eigenvalue weighted by Crippen LogP contribution is -2.41. The number of ether oxygens (including phenoxy) is 1. The summed E-state index contributed by atoms with van der Waals surface area (Å²) >= 11 is 0. The minimum atomic E-state index is -3.77. The molecule has 0 aromatic carbocycles. The second-order valence-corrected chi connectivity index (χ2v) is 6.42. The van der Waals surface area contributed by atoms with Crippen LogP contribution in [0.15, 0.2) is 15.4 Å². The van der Waals surface area contributed by atoms with Gasteiger partial charge in [0.15, 0.2) is 0 Å². The lowest BCUT2D eigenvalue weighted by atomic mass is 10.4. The summed E-state index contributed by atoms with van der Waals surface area (Å²) in [5.41, 5.74) is 0. The van der Waals surface area contributed by atoms with E-state index in [0.717, 1.165) is 19.2 Å². The van der Waals surface area contributed by atoms with Crippen molar-refractivity contribution in [2.75, 3.05) is 39.4 Å². The van der Waals surface area contributed by atoms with Crippen LogP contribution in [0.5, 0.6) is 0 Å². The molecule has 1 fully saturated rings. The Labute approximate surface area is 122 Å². The van der Waals surface area contributed by atoms with Crippen molar-refractivity contribution in [3.05, 3.63) is 17.6 Å². The molecule has 21 heavy (non-hydrogen) atoms. The molecule has 8 nitrogen and oxygen atoms in total. The van der Waals surface area contributed by atoms with Gasteiger partial charge in [-0.25, -0.2) is 17.9 Å². The highest BCUT2D eigenvalue weighted by molar-refractivity contribution is 7.89. The molecule has 0 bridgehead atoms. The van der Waals surface area contributed by atoms with Crippen molar-refractivity contribution in [1.82, 2.24) is 9.62 Å². The Kier molecular flexibility index (Phi) is 4.99.